The van der Waals surface area contributed by atoms with E-state index in [9.17, 15) is 0 Å². The molecule has 7 heteroatoms. The SMILES string of the molecule is CCCCOc1nc(N)c(C=N)c(NCc2ccc(CN3CCCCC3)cc2)n1. The van der Waals surface area contributed by atoms with E-state index in [2.05, 4.69) is 51.4 Å². The number of hydrogen-bond acceptors (Lipinski definition) is 7. The second kappa shape index (κ2) is 10.8. The van der Waals surface area contributed by atoms with Gasteiger partial charge in [0.25, 0.3) is 0 Å². The molecule has 29 heavy (non-hydrogen) atoms. The smallest absolute Gasteiger partial charge is 0.320 e. The van der Waals surface area contributed by atoms with Crippen molar-refractivity contribution in [1.29, 1.82) is 5.41 Å². The largest absolute Gasteiger partial charge is 0.463 e. The van der Waals surface area contributed by atoms with Gasteiger partial charge in [-0.25, -0.2) is 0 Å². The maximum absolute atomic E-state index is 7.63. The van der Waals surface area contributed by atoms with Crippen LogP contribution in [0.4, 0.5) is 11.6 Å². The summed E-state index contributed by atoms with van der Waals surface area (Å²) < 4.78 is 5.59. The summed E-state index contributed by atoms with van der Waals surface area (Å²) in [6.07, 6.45) is 7.12. The fraction of sp³-hybridized carbons (Fsp3) is 0.500. The Labute approximate surface area is 173 Å². The van der Waals surface area contributed by atoms with Crippen LogP contribution in [-0.2, 0) is 13.1 Å². The van der Waals surface area contributed by atoms with Gasteiger partial charge < -0.3 is 21.2 Å². The normalized spacial score (nSPS) is 14.5. The van der Waals surface area contributed by atoms with Gasteiger partial charge in [0.1, 0.15) is 11.6 Å². The zero-order valence-corrected chi connectivity index (χ0v) is 17.3. The van der Waals surface area contributed by atoms with E-state index in [-0.39, 0.29) is 11.8 Å². The third-order valence-electron chi connectivity index (χ3n) is 5.17. The van der Waals surface area contributed by atoms with Crippen molar-refractivity contribution < 1.29 is 4.74 Å². The Morgan fingerprint density at radius 3 is 2.55 bits per heavy atom. The molecule has 7 nitrogen and oxygen atoms in total. The Bertz CT molecular complexity index is 787. The van der Waals surface area contributed by atoms with Gasteiger partial charge >= 0.3 is 6.01 Å². The zero-order valence-electron chi connectivity index (χ0n) is 17.3. The quantitative estimate of drug-likeness (QED) is 0.417. The maximum atomic E-state index is 7.63. The van der Waals surface area contributed by atoms with E-state index in [4.69, 9.17) is 15.9 Å². The second-order valence-corrected chi connectivity index (χ2v) is 7.51. The molecule has 0 atom stereocenters. The van der Waals surface area contributed by atoms with Crippen molar-refractivity contribution in [1.82, 2.24) is 14.9 Å². The highest BCUT2D eigenvalue weighted by Gasteiger charge is 2.12. The Hall–Kier alpha value is -2.67. The standard InChI is InChI=1S/C22H32N6O/c1-2-3-13-29-22-26-20(24)19(14-23)21(27-22)25-15-17-7-9-18(10-8-17)16-28-11-5-4-6-12-28/h7-10,14,23H,2-6,11-13,15-16H2,1H3,(H3,24,25,26,27). The molecule has 1 aromatic heterocycles. The van der Waals surface area contributed by atoms with Crippen molar-refractivity contribution >= 4 is 17.9 Å². The Morgan fingerprint density at radius 1 is 1.14 bits per heavy atom. The Kier molecular flexibility index (Phi) is 7.81. The number of likely N-dealkylation sites (tertiary alicyclic amines) is 1. The van der Waals surface area contributed by atoms with Gasteiger partial charge in [0.05, 0.1) is 12.2 Å². The summed E-state index contributed by atoms with van der Waals surface area (Å²) in [5.74, 6) is 0.775. The summed E-state index contributed by atoms with van der Waals surface area (Å²) in [5.41, 5.74) is 8.96. The van der Waals surface area contributed by atoms with Crippen LogP contribution in [0.3, 0.4) is 0 Å². The topological polar surface area (TPSA) is 100 Å². The Morgan fingerprint density at radius 2 is 1.86 bits per heavy atom. The highest BCUT2D eigenvalue weighted by Crippen LogP contribution is 2.21. The molecule has 156 valence electrons. The molecule has 0 aliphatic carbocycles. The van der Waals surface area contributed by atoms with E-state index >= 15 is 0 Å². The number of rotatable bonds is 10. The fourth-order valence-electron chi connectivity index (χ4n) is 3.44. The molecule has 1 aromatic carbocycles. The molecular formula is C22H32N6O. The van der Waals surface area contributed by atoms with Crippen molar-refractivity contribution in [2.45, 2.75) is 52.1 Å². The van der Waals surface area contributed by atoms with Crippen molar-refractivity contribution in [2.75, 3.05) is 30.7 Å². The monoisotopic (exact) mass is 396 g/mol. The summed E-state index contributed by atoms with van der Waals surface area (Å²) in [6.45, 7) is 6.67. The number of ether oxygens (including phenoxy) is 1. The van der Waals surface area contributed by atoms with Gasteiger partial charge in [-0.3, -0.25) is 4.90 Å². The van der Waals surface area contributed by atoms with Crippen LogP contribution in [0.15, 0.2) is 24.3 Å². The van der Waals surface area contributed by atoms with E-state index in [1.54, 1.807) is 0 Å². The lowest BCUT2D eigenvalue weighted by molar-refractivity contribution is 0.221. The number of nitrogens with two attached hydrogens (primary N) is 1. The highest BCUT2D eigenvalue weighted by atomic mass is 16.5. The summed E-state index contributed by atoms with van der Waals surface area (Å²) in [7, 11) is 0. The minimum absolute atomic E-state index is 0.251. The lowest BCUT2D eigenvalue weighted by atomic mass is 10.1. The first-order chi connectivity index (χ1) is 14.2. The number of aromatic nitrogens is 2. The van der Waals surface area contributed by atoms with Gasteiger partial charge in [-0.05, 0) is 43.5 Å². The first-order valence-corrected chi connectivity index (χ1v) is 10.5. The zero-order chi connectivity index (χ0) is 20.5. The van der Waals surface area contributed by atoms with Crippen molar-refractivity contribution in [3.8, 4) is 6.01 Å². The molecule has 0 radical (unpaired) electrons. The molecule has 2 heterocycles. The van der Waals surface area contributed by atoms with Crippen LogP contribution < -0.4 is 15.8 Å². The number of hydrogen-bond donors (Lipinski definition) is 3. The Balaban J connectivity index is 1.61. The maximum Gasteiger partial charge on any atom is 0.320 e. The van der Waals surface area contributed by atoms with Crippen LogP contribution in [0.2, 0.25) is 0 Å². The molecule has 1 aliphatic heterocycles. The lowest BCUT2D eigenvalue weighted by Gasteiger charge is -2.26. The van der Waals surface area contributed by atoms with Gasteiger partial charge in [-0.2, -0.15) is 9.97 Å². The number of benzene rings is 1. The summed E-state index contributed by atoms with van der Waals surface area (Å²) in [6, 6.07) is 8.91. The predicted octanol–water partition coefficient (Wildman–Crippen LogP) is 3.83. The molecule has 0 spiro atoms. The fourth-order valence-corrected chi connectivity index (χ4v) is 3.44. The molecule has 1 fully saturated rings. The van der Waals surface area contributed by atoms with E-state index in [1.165, 1.54) is 44.1 Å². The van der Waals surface area contributed by atoms with Gasteiger partial charge in [-0.1, -0.05) is 44.0 Å². The van der Waals surface area contributed by atoms with Crippen molar-refractivity contribution in [2.24, 2.45) is 0 Å². The molecule has 3 rings (SSSR count). The lowest BCUT2D eigenvalue weighted by Crippen LogP contribution is -2.29. The predicted molar refractivity (Wildman–Crippen MR) is 118 cm³/mol. The van der Waals surface area contributed by atoms with Gasteiger partial charge in [-0.15, -0.1) is 0 Å². The molecule has 4 N–H and O–H groups in total. The molecule has 0 amide bonds. The van der Waals surface area contributed by atoms with Crippen molar-refractivity contribution in [3.05, 3.63) is 41.0 Å². The third kappa shape index (κ3) is 6.15. The van der Waals surface area contributed by atoms with Crippen LogP contribution in [0, 0.1) is 5.41 Å². The summed E-state index contributed by atoms with van der Waals surface area (Å²) in [5, 5.41) is 10.9. The second-order valence-electron chi connectivity index (χ2n) is 7.51. The molecule has 2 aromatic rings. The first-order valence-electron chi connectivity index (χ1n) is 10.5. The van der Waals surface area contributed by atoms with E-state index in [0.717, 1.165) is 24.9 Å². The van der Waals surface area contributed by atoms with Crippen LogP contribution in [0.25, 0.3) is 0 Å². The number of unbranched alkanes of at least 4 members (excludes halogenated alkanes) is 1. The number of piperidine rings is 1. The van der Waals surface area contributed by atoms with E-state index < -0.39 is 0 Å². The van der Waals surface area contributed by atoms with E-state index in [1.807, 2.05) is 0 Å². The van der Waals surface area contributed by atoms with Crippen molar-refractivity contribution in [3.63, 3.8) is 0 Å². The minimum atomic E-state index is 0.251. The molecule has 1 saturated heterocycles. The number of nitrogens with zero attached hydrogens (tertiary/aromatic N) is 3. The first kappa shape index (κ1) is 21.0. The number of anilines is 2. The van der Waals surface area contributed by atoms with Crippen LogP contribution in [-0.4, -0.2) is 40.8 Å². The van der Waals surface area contributed by atoms with Gasteiger partial charge in [0, 0.05) is 19.3 Å². The number of nitrogen functional groups attached to an aromatic ring is 1. The van der Waals surface area contributed by atoms with Crippen LogP contribution in [0.5, 0.6) is 6.01 Å². The van der Waals surface area contributed by atoms with Gasteiger partial charge in [0.2, 0.25) is 0 Å². The van der Waals surface area contributed by atoms with E-state index in [0.29, 0.717) is 24.5 Å². The summed E-state index contributed by atoms with van der Waals surface area (Å²) >= 11 is 0. The van der Waals surface area contributed by atoms with Gasteiger partial charge in [0.15, 0.2) is 0 Å². The average Bonchev–Trinajstić information content (AvgIpc) is 2.74. The number of nitrogens with one attached hydrogen (secondary N) is 2. The molecule has 0 bridgehead atoms. The third-order valence-corrected chi connectivity index (χ3v) is 5.17. The average molecular weight is 397 g/mol. The summed E-state index contributed by atoms with van der Waals surface area (Å²) in [4.78, 5) is 11.1. The molecule has 0 saturated carbocycles. The molecule has 1 aliphatic rings. The highest BCUT2D eigenvalue weighted by molar-refractivity contribution is 5.90. The molecular weight excluding hydrogens is 364 g/mol. The minimum Gasteiger partial charge on any atom is -0.463 e. The molecule has 0 unspecified atom stereocenters. The van der Waals surface area contributed by atoms with Crippen LogP contribution in [0.1, 0.15) is 55.7 Å². The van der Waals surface area contributed by atoms with Crippen LogP contribution >= 0.6 is 0 Å².